The van der Waals surface area contributed by atoms with Gasteiger partial charge in [0, 0.05) is 25.0 Å². The lowest BCUT2D eigenvalue weighted by Crippen LogP contribution is -2.34. The summed E-state index contributed by atoms with van der Waals surface area (Å²) in [5.41, 5.74) is 7.18. The maximum absolute atomic E-state index is 12.7. The average molecular weight is 376 g/mol. The minimum absolute atomic E-state index is 0. The van der Waals surface area contributed by atoms with Gasteiger partial charge in [0.2, 0.25) is 5.91 Å². The SMILES string of the molecule is Cl.NC1CCC2CN(C(=O)C3CC3c3cccc(Cl)c3Cl)CC12. The quantitative estimate of drug-likeness (QED) is 0.856. The van der Waals surface area contributed by atoms with Crippen molar-refractivity contribution < 1.29 is 4.79 Å². The Kier molecular flexibility index (Phi) is 4.85. The highest BCUT2D eigenvalue weighted by atomic mass is 35.5. The van der Waals surface area contributed by atoms with Crippen molar-refractivity contribution in [3.63, 3.8) is 0 Å². The van der Waals surface area contributed by atoms with Gasteiger partial charge in [0.1, 0.15) is 0 Å². The summed E-state index contributed by atoms with van der Waals surface area (Å²) in [6.45, 7) is 1.74. The molecule has 1 aromatic rings. The van der Waals surface area contributed by atoms with Crippen molar-refractivity contribution in [2.75, 3.05) is 13.1 Å². The zero-order chi connectivity index (χ0) is 15.4. The minimum atomic E-state index is 0. The molecule has 1 aliphatic heterocycles. The molecular weight excluding hydrogens is 355 g/mol. The van der Waals surface area contributed by atoms with E-state index in [9.17, 15) is 4.79 Å². The van der Waals surface area contributed by atoms with Gasteiger partial charge in [-0.25, -0.2) is 0 Å². The largest absolute Gasteiger partial charge is 0.342 e. The summed E-state index contributed by atoms with van der Waals surface area (Å²) in [5.74, 6) is 1.71. The van der Waals surface area contributed by atoms with Crippen LogP contribution in [0.25, 0.3) is 0 Å². The smallest absolute Gasteiger partial charge is 0.226 e. The van der Waals surface area contributed by atoms with Crippen LogP contribution in [0, 0.1) is 17.8 Å². The first kappa shape index (κ1) is 17.3. The second-order valence-corrected chi connectivity index (χ2v) is 7.79. The Hall–Kier alpha value is -0.480. The van der Waals surface area contributed by atoms with E-state index in [2.05, 4.69) is 0 Å². The molecule has 1 saturated heterocycles. The van der Waals surface area contributed by atoms with E-state index in [0.29, 0.717) is 21.9 Å². The molecule has 1 aromatic carbocycles. The summed E-state index contributed by atoms with van der Waals surface area (Å²) in [6.07, 6.45) is 3.17. The van der Waals surface area contributed by atoms with Crippen molar-refractivity contribution in [3.8, 4) is 0 Å². The predicted molar refractivity (Wildman–Crippen MR) is 95.3 cm³/mol. The third-order valence-corrected chi connectivity index (χ3v) is 6.55. The lowest BCUT2D eigenvalue weighted by molar-refractivity contribution is -0.131. The van der Waals surface area contributed by atoms with Crippen molar-refractivity contribution in [1.29, 1.82) is 0 Å². The van der Waals surface area contributed by atoms with E-state index in [0.717, 1.165) is 31.5 Å². The molecule has 0 spiro atoms. The molecule has 126 valence electrons. The van der Waals surface area contributed by atoms with Gasteiger partial charge in [0.25, 0.3) is 0 Å². The fourth-order valence-electron chi connectivity index (χ4n) is 4.34. The Balaban J connectivity index is 0.00000156. The second-order valence-electron chi connectivity index (χ2n) is 7.00. The number of fused-ring (bicyclic) bond motifs is 1. The van der Waals surface area contributed by atoms with E-state index in [1.807, 2.05) is 17.0 Å². The molecule has 0 aromatic heterocycles. The molecule has 4 rings (SSSR count). The van der Waals surface area contributed by atoms with E-state index in [1.54, 1.807) is 6.07 Å². The van der Waals surface area contributed by atoms with Crippen LogP contribution in [0.3, 0.4) is 0 Å². The topological polar surface area (TPSA) is 46.3 Å². The first-order valence-corrected chi connectivity index (χ1v) is 8.80. The highest BCUT2D eigenvalue weighted by molar-refractivity contribution is 6.42. The van der Waals surface area contributed by atoms with Crippen molar-refractivity contribution in [2.24, 2.45) is 23.5 Å². The summed E-state index contributed by atoms with van der Waals surface area (Å²) < 4.78 is 0. The van der Waals surface area contributed by atoms with Gasteiger partial charge in [-0.2, -0.15) is 0 Å². The maximum atomic E-state index is 12.7. The number of hydrogen-bond acceptors (Lipinski definition) is 2. The number of nitrogens with zero attached hydrogens (tertiary/aromatic N) is 1. The third-order valence-electron chi connectivity index (χ3n) is 5.71. The van der Waals surface area contributed by atoms with Crippen LogP contribution in [-0.2, 0) is 4.79 Å². The van der Waals surface area contributed by atoms with Gasteiger partial charge in [0.05, 0.1) is 10.0 Å². The fourth-order valence-corrected chi connectivity index (χ4v) is 4.79. The summed E-state index contributed by atoms with van der Waals surface area (Å²) in [7, 11) is 0. The number of rotatable bonds is 2. The molecule has 2 N–H and O–H groups in total. The zero-order valence-electron chi connectivity index (χ0n) is 12.8. The highest BCUT2D eigenvalue weighted by Crippen LogP contribution is 2.52. The Morgan fingerprint density at radius 3 is 2.74 bits per heavy atom. The number of nitrogens with two attached hydrogens (primary N) is 1. The normalized spacial score (nSPS) is 34.9. The van der Waals surface area contributed by atoms with Crippen molar-refractivity contribution in [1.82, 2.24) is 4.90 Å². The number of halogens is 3. The van der Waals surface area contributed by atoms with Gasteiger partial charge in [-0.1, -0.05) is 35.3 Å². The molecule has 5 unspecified atom stereocenters. The van der Waals surface area contributed by atoms with Crippen LogP contribution in [0.4, 0.5) is 0 Å². The number of amides is 1. The summed E-state index contributed by atoms with van der Waals surface area (Å²) in [4.78, 5) is 14.8. The Morgan fingerprint density at radius 1 is 1.22 bits per heavy atom. The van der Waals surface area contributed by atoms with Gasteiger partial charge in [-0.3, -0.25) is 4.79 Å². The fraction of sp³-hybridized carbons (Fsp3) is 0.588. The first-order chi connectivity index (χ1) is 10.6. The van der Waals surface area contributed by atoms with Crippen LogP contribution in [-0.4, -0.2) is 29.9 Å². The number of carbonyl (C=O) groups excluding carboxylic acids is 1. The Labute approximate surface area is 152 Å². The van der Waals surface area contributed by atoms with E-state index in [1.165, 1.54) is 6.42 Å². The van der Waals surface area contributed by atoms with Gasteiger partial charge < -0.3 is 10.6 Å². The maximum Gasteiger partial charge on any atom is 0.226 e. The number of benzene rings is 1. The summed E-state index contributed by atoms with van der Waals surface area (Å²) in [5, 5.41) is 1.17. The van der Waals surface area contributed by atoms with Gasteiger partial charge in [-0.05, 0) is 48.6 Å². The summed E-state index contributed by atoms with van der Waals surface area (Å²) in [6, 6.07) is 5.96. The van der Waals surface area contributed by atoms with E-state index in [4.69, 9.17) is 28.9 Å². The molecule has 3 fully saturated rings. The van der Waals surface area contributed by atoms with Crippen LogP contribution >= 0.6 is 35.6 Å². The summed E-state index contributed by atoms with van der Waals surface area (Å²) >= 11 is 12.4. The number of likely N-dealkylation sites (tertiary alicyclic amines) is 1. The number of carbonyl (C=O) groups is 1. The molecule has 2 saturated carbocycles. The number of hydrogen-bond donors (Lipinski definition) is 1. The van der Waals surface area contributed by atoms with E-state index in [-0.39, 0.29) is 36.2 Å². The Morgan fingerprint density at radius 2 is 2.00 bits per heavy atom. The lowest BCUT2D eigenvalue weighted by Gasteiger charge is -2.19. The van der Waals surface area contributed by atoms with Crippen molar-refractivity contribution in [3.05, 3.63) is 33.8 Å². The van der Waals surface area contributed by atoms with Crippen molar-refractivity contribution in [2.45, 2.75) is 31.2 Å². The minimum Gasteiger partial charge on any atom is -0.342 e. The molecule has 3 nitrogen and oxygen atoms in total. The van der Waals surface area contributed by atoms with Crippen LogP contribution in [0.5, 0.6) is 0 Å². The molecule has 5 atom stereocenters. The van der Waals surface area contributed by atoms with Crippen LogP contribution in [0.15, 0.2) is 18.2 Å². The molecular formula is C17H21Cl3N2O. The molecule has 1 amide bonds. The second kappa shape index (κ2) is 6.44. The molecule has 23 heavy (non-hydrogen) atoms. The molecule has 0 radical (unpaired) electrons. The van der Waals surface area contributed by atoms with Crippen molar-refractivity contribution >= 4 is 41.5 Å². The molecule has 1 heterocycles. The molecule has 0 bridgehead atoms. The molecule has 3 aliphatic rings. The molecule has 6 heteroatoms. The third kappa shape index (κ3) is 2.97. The average Bonchev–Trinajstić information content (AvgIpc) is 3.05. The Bertz CT molecular complexity index is 624. The monoisotopic (exact) mass is 374 g/mol. The van der Waals surface area contributed by atoms with Crippen LogP contribution < -0.4 is 5.73 Å². The van der Waals surface area contributed by atoms with Gasteiger partial charge in [-0.15, -0.1) is 12.4 Å². The van der Waals surface area contributed by atoms with E-state index >= 15 is 0 Å². The highest BCUT2D eigenvalue weighted by Gasteiger charge is 2.50. The van der Waals surface area contributed by atoms with Gasteiger partial charge >= 0.3 is 0 Å². The predicted octanol–water partition coefficient (Wildman–Crippen LogP) is 3.71. The lowest BCUT2D eigenvalue weighted by atomic mass is 9.98. The van der Waals surface area contributed by atoms with Gasteiger partial charge in [0.15, 0.2) is 0 Å². The zero-order valence-corrected chi connectivity index (χ0v) is 15.1. The van der Waals surface area contributed by atoms with Crippen LogP contribution in [0.2, 0.25) is 10.0 Å². The standard InChI is InChI=1S/C17H20Cl2N2O.ClH/c18-14-3-1-2-10(16(14)19)11-6-12(11)17(22)21-7-9-4-5-15(20)13(9)8-21;/h1-3,9,11-13,15H,4-8,20H2;1H. The van der Waals surface area contributed by atoms with Crippen LogP contribution in [0.1, 0.15) is 30.7 Å². The van der Waals surface area contributed by atoms with E-state index < -0.39 is 0 Å². The molecule has 2 aliphatic carbocycles. The first-order valence-electron chi connectivity index (χ1n) is 8.04.